The number of nitrogens with zero attached hydrogens (tertiary/aromatic N) is 1. The number of nitrogens with two attached hydrogens (primary N) is 1. The third-order valence-electron chi connectivity index (χ3n) is 4.21. The maximum atomic E-state index is 12.7. The second kappa shape index (κ2) is 9.00. The normalized spacial score (nSPS) is 13.7. The van der Waals surface area contributed by atoms with Gasteiger partial charge in [-0.1, -0.05) is 17.9 Å². The van der Waals surface area contributed by atoms with Crippen molar-refractivity contribution in [1.82, 2.24) is 10.2 Å². The van der Waals surface area contributed by atoms with Gasteiger partial charge in [0.1, 0.15) is 12.3 Å². The van der Waals surface area contributed by atoms with E-state index in [4.69, 9.17) is 5.73 Å². The largest absolute Gasteiger partial charge is 0.357 e. The number of hydrogen-bond acceptors (Lipinski definition) is 4. The van der Waals surface area contributed by atoms with Crippen molar-refractivity contribution in [2.45, 2.75) is 38.3 Å². The molecule has 0 saturated carbocycles. The lowest BCUT2D eigenvalue weighted by Gasteiger charge is -2.25. The van der Waals surface area contributed by atoms with Crippen LogP contribution in [0.3, 0.4) is 0 Å². The highest BCUT2D eigenvalue weighted by Crippen LogP contribution is 2.28. The third-order valence-corrected chi connectivity index (χ3v) is 4.21. The maximum Gasteiger partial charge on any atom is 0.255 e. The predicted molar refractivity (Wildman–Crippen MR) is 94.6 cm³/mol. The van der Waals surface area contributed by atoms with E-state index < -0.39 is 6.04 Å². The van der Waals surface area contributed by atoms with Crippen LogP contribution in [0.15, 0.2) is 18.2 Å². The number of carbonyl (C=O) groups excluding carboxylic acids is 3. The Kier molecular flexibility index (Phi) is 6.72. The van der Waals surface area contributed by atoms with Gasteiger partial charge in [0.05, 0.1) is 0 Å². The molecule has 132 valence electrons. The van der Waals surface area contributed by atoms with Gasteiger partial charge in [-0.3, -0.25) is 9.59 Å². The maximum absolute atomic E-state index is 12.7. The monoisotopic (exact) mass is 341 g/mol. The minimum atomic E-state index is -0.659. The predicted octanol–water partition coefficient (Wildman–Crippen LogP) is 0.827. The lowest BCUT2D eigenvalue weighted by atomic mass is 10.0. The average molecular weight is 341 g/mol. The number of rotatable bonds is 7. The van der Waals surface area contributed by atoms with E-state index in [0.29, 0.717) is 31.5 Å². The first-order valence-electron chi connectivity index (χ1n) is 8.41. The summed E-state index contributed by atoms with van der Waals surface area (Å²) >= 11 is 0. The quantitative estimate of drug-likeness (QED) is 0.436. The SMILES string of the molecule is CNC(=O)C(CCC=O)N1Cc2c(C#CCCCN)cccc2C1=O. The molecule has 2 rings (SSSR count). The first kappa shape index (κ1) is 18.7. The smallest absolute Gasteiger partial charge is 0.255 e. The van der Waals surface area contributed by atoms with Crippen LogP contribution in [0.1, 0.15) is 47.2 Å². The van der Waals surface area contributed by atoms with E-state index in [1.165, 1.54) is 11.9 Å². The van der Waals surface area contributed by atoms with Gasteiger partial charge in [-0.2, -0.15) is 0 Å². The van der Waals surface area contributed by atoms with Gasteiger partial charge in [0.25, 0.3) is 5.91 Å². The molecule has 3 N–H and O–H groups in total. The fourth-order valence-electron chi connectivity index (χ4n) is 2.89. The van der Waals surface area contributed by atoms with E-state index in [2.05, 4.69) is 17.2 Å². The molecular formula is C19H23N3O3. The second-order valence-electron chi connectivity index (χ2n) is 5.83. The van der Waals surface area contributed by atoms with Crippen molar-refractivity contribution in [2.24, 2.45) is 5.73 Å². The lowest BCUT2D eigenvalue weighted by Crippen LogP contribution is -2.46. The topological polar surface area (TPSA) is 92.5 Å². The van der Waals surface area contributed by atoms with Crippen LogP contribution >= 0.6 is 0 Å². The number of fused-ring (bicyclic) bond motifs is 1. The van der Waals surface area contributed by atoms with Crippen LogP contribution in [-0.4, -0.2) is 42.6 Å². The van der Waals surface area contributed by atoms with E-state index in [9.17, 15) is 14.4 Å². The van der Waals surface area contributed by atoms with Crippen molar-refractivity contribution in [2.75, 3.05) is 13.6 Å². The molecule has 25 heavy (non-hydrogen) atoms. The Morgan fingerprint density at radius 2 is 2.28 bits per heavy atom. The number of amides is 2. The molecule has 1 atom stereocenters. The van der Waals surface area contributed by atoms with Crippen molar-refractivity contribution in [3.05, 3.63) is 34.9 Å². The molecule has 6 nitrogen and oxygen atoms in total. The van der Waals surface area contributed by atoms with Gasteiger partial charge >= 0.3 is 0 Å². The van der Waals surface area contributed by atoms with E-state index in [1.54, 1.807) is 12.1 Å². The van der Waals surface area contributed by atoms with Gasteiger partial charge in [-0.15, -0.1) is 0 Å². The Morgan fingerprint density at radius 3 is 2.96 bits per heavy atom. The van der Waals surface area contributed by atoms with Gasteiger partial charge in [-0.05, 0) is 37.1 Å². The molecule has 0 saturated heterocycles. The zero-order valence-corrected chi connectivity index (χ0v) is 14.4. The molecule has 0 bridgehead atoms. The molecule has 6 heteroatoms. The molecule has 0 aromatic heterocycles. The molecule has 0 fully saturated rings. The van der Waals surface area contributed by atoms with E-state index in [1.807, 2.05) is 6.07 Å². The standard InChI is InChI=1S/C19H23N3O3/c1-21-18(24)17(10-6-12-23)22-13-16-14(7-3-2-4-11-20)8-5-9-15(16)19(22)25/h5,8-9,12,17H,2,4,6,10-11,13,20H2,1H3,(H,21,24). The van der Waals surface area contributed by atoms with Crippen LogP contribution in [-0.2, 0) is 16.1 Å². The molecule has 1 aliphatic rings. The van der Waals surface area contributed by atoms with E-state index >= 15 is 0 Å². The summed E-state index contributed by atoms with van der Waals surface area (Å²) in [4.78, 5) is 37.1. The summed E-state index contributed by atoms with van der Waals surface area (Å²) in [6, 6.07) is 4.77. The summed E-state index contributed by atoms with van der Waals surface area (Å²) in [6.07, 6.45) is 2.83. The van der Waals surface area contributed by atoms with Crippen molar-refractivity contribution >= 4 is 18.1 Å². The van der Waals surface area contributed by atoms with Crippen LogP contribution in [0, 0.1) is 11.8 Å². The molecule has 0 radical (unpaired) electrons. The Hall–Kier alpha value is -2.65. The van der Waals surface area contributed by atoms with Gasteiger partial charge < -0.3 is 20.7 Å². The molecule has 2 amide bonds. The molecular weight excluding hydrogens is 318 g/mol. The summed E-state index contributed by atoms with van der Waals surface area (Å²) in [6.45, 7) is 0.922. The minimum absolute atomic E-state index is 0.194. The van der Waals surface area contributed by atoms with Crippen molar-refractivity contribution in [3.63, 3.8) is 0 Å². The highest BCUT2D eigenvalue weighted by atomic mass is 16.2. The molecule has 0 spiro atoms. The van der Waals surface area contributed by atoms with E-state index in [-0.39, 0.29) is 18.2 Å². The van der Waals surface area contributed by atoms with Crippen LogP contribution in [0.25, 0.3) is 0 Å². The highest BCUT2D eigenvalue weighted by Gasteiger charge is 2.36. The Labute approximate surface area is 147 Å². The van der Waals surface area contributed by atoms with Crippen LogP contribution in [0.2, 0.25) is 0 Å². The number of likely N-dealkylation sites (N-methyl/N-ethyl adjacent to an activating group) is 1. The summed E-state index contributed by atoms with van der Waals surface area (Å²) in [5, 5.41) is 2.57. The van der Waals surface area contributed by atoms with Crippen molar-refractivity contribution in [1.29, 1.82) is 0 Å². The fourth-order valence-corrected chi connectivity index (χ4v) is 2.89. The van der Waals surface area contributed by atoms with Crippen molar-refractivity contribution in [3.8, 4) is 11.8 Å². The van der Waals surface area contributed by atoms with Gasteiger partial charge in [0.15, 0.2) is 0 Å². The summed E-state index contributed by atoms with van der Waals surface area (Å²) in [5.74, 6) is 5.72. The first-order chi connectivity index (χ1) is 12.1. The molecule has 1 aliphatic heterocycles. The highest BCUT2D eigenvalue weighted by molar-refractivity contribution is 6.01. The zero-order valence-electron chi connectivity index (χ0n) is 14.4. The number of hydrogen-bond donors (Lipinski definition) is 2. The summed E-state index contributed by atoms with van der Waals surface area (Å²) in [7, 11) is 1.53. The third kappa shape index (κ3) is 4.25. The van der Waals surface area contributed by atoms with Gasteiger partial charge in [-0.25, -0.2) is 0 Å². The minimum Gasteiger partial charge on any atom is -0.357 e. The Bertz CT molecular complexity index is 718. The molecule has 1 unspecified atom stereocenters. The van der Waals surface area contributed by atoms with Crippen molar-refractivity contribution < 1.29 is 14.4 Å². The number of benzene rings is 1. The molecule has 1 aromatic rings. The lowest BCUT2D eigenvalue weighted by molar-refractivity contribution is -0.125. The van der Waals surface area contributed by atoms with Crippen LogP contribution < -0.4 is 11.1 Å². The zero-order chi connectivity index (χ0) is 18.2. The van der Waals surface area contributed by atoms with Crippen LogP contribution in [0.5, 0.6) is 0 Å². The molecule has 1 aromatic carbocycles. The van der Waals surface area contributed by atoms with Crippen LogP contribution in [0.4, 0.5) is 0 Å². The summed E-state index contributed by atoms with van der Waals surface area (Å²) in [5.41, 5.74) is 7.68. The van der Waals surface area contributed by atoms with E-state index in [0.717, 1.165) is 23.8 Å². The Balaban J connectivity index is 2.27. The van der Waals surface area contributed by atoms with Gasteiger partial charge in [0.2, 0.25) is 5.91 Å². The number of unbranched alkanes of at least 4 members (excludes halogenated alkanes) is 1. The molecule has 1 heterocycles. The van der Waals surface area contributed by atoms with Gasteiger partial charge in [0, 0.05) is 37.6 Å². The Morgan fingerprint density at radius 1 is 1.48 bits per heavy atom. The number of nitrogens with one attached hydrogen (secondary N) is 1. The molecule has 0 aliphatic carbocycles. The summed E-state index contributed by atoms with van der Waals surface area (Å²) < 4.78 is 0. The number of carbonyl (C=O) groups is 3. The number of aldehydes is 1. The fraction of sp³-hybridized carbons (Fsp3) is 0.421. The first-order valence-corrected chi connectivity index (χ1v) is 8.41. The average Bonchev–Trinajstić information content (AvgIpc) is 2.96. The second-order valence-corrected chi connectivity index (χ2v) is 5.83.